The van der Waals surface area contributed by atoms with Crippen LogP contribution < -0.4 is 21.3 Å². The van der Waals surface area contributed by atoms with Crippen molar-refractivity contribution in [3.8, 4) is 0 Å². The molecule has 4 heterocycles. The Morgan fingerprint density at radius 1 is 0.564 bits per heavy atom. The SMILES string of the molecule is CCNc1cc(C(=O)Nc2cc(C(=O)Nc3cc(C(=O)Nc4cc(C(C)=O)n(C)c4)n(C)c3)n(C)c2)n(C)c1. The van der Waals surface area contributed by atoms with E-state index < -0.39 is 5.91 Å². The number of Topliss-reactive ketones (excluding diaryl/α,β-unsaturated/α-hetero) is 1. The Morgan fingerprint density at radius 3 is 1.21 bits per heavy atom. The monoisotopic (exact) mass is 532 g/mol. The number of carbonyl (C=O) groups is 4. The number of ketones is 1. The quantitative estimate of drug-likeness (QED) is 0.245. The largest absolute Gasteiger partial charge is 0.384 e. The summed E-state index contributed by atoms with van der Waals surface area (Å²) in [5, 5.41) is 11.6. The number of carbonyl (C=O) groups excluding carboxylic acids is 4. The molecule has 0 atom stereocenters. The van der Waals surface area contributed by atoms with E-state index in [0.29, 0.717) is 39.8 Å². The van der Waals surface area contributed by atoms with E-state index in [1.807, 2.05) is 13.1 Å². The molecule has 0 aliphatic heterocycles. The molecule has 204 valence electrons. The highest BCUT2D eigenvalue weighted by molar-refractivity contribution is 6.08. The van der Waals surface area contributed by atoms with Crippen LogP contribution in [0.4, 0.5) is 22.7 Å². The molecule has 0 saturated heterocycles. The molecule has 3 amide bonds. The third kappa shape index (κ3) is 5.79. The smallest absolute Gasteiger partial charge is 0.272 e. The second kappa shape index (κ2) is 10.8. The van der Waals surface area contributed by atoms with E-state index in [4.69, 9.17) is 0 Å². The average molecular weight is 533 g/mol. The van der Waals surface area contributed by atoms with Crippen molar-refractivity contribution in [1.29, 1.82) is 0 Å². The first-order chi connectivity index (χ1) is 18.5. The predicted octanol–water partition coefficient (Wildman–Crippen LogP) is 3.43. The highest BCUT2D eigenvalue weighted by Gasteiger charge is 2.19. The number of nitrogens with one attached hydrogen (secondary N) is 4. The van der Waals surface area contributed by atoms with Crippen LogP contribution in [-0.2, 0) is 28.2 Å². The normalized spacial score (nSPS) is 10.8. The van der Waals surface area contributed by atoms with Crippen molar-refractivity contribution >= 4 is 46.3 Å². The number of aromatic nitrogens is 4. The van der Waals surface area contributed by atoms with Gasteiger partial charge < -0.3 is 39.5 Å². The molecule has 12 heteroatoms. The van der Waals surface area contributed by atoms with E-state index in [1.165, 1.54) is 6.92 Å². The lowest BCUT2D eigenvalue weighted by Gasteiger charge is -2.03. The Balaban J connectivity index is 1.43. The Labute approximate surface area is 225 Å². The van der Waals surface area contributed by atoms with Gasteiger partial charge in [-0.2, -0.15) is 0 Å². The van der Waals surface area contributed by atoms with Crippen molar-refractivity contribution in [2.24, 2.45) is 28.2 Å². The molecule has 4 rings (SSSR count). The minimum atomic E-state index is -0.405. The minimum absolute atomic E-state index is 0.108. The van der Waals surface area contributed by atoms with Crippen LogP contribution in [0.2, 0.25) is 0 Å². The van der Waals surface area contributed by atoms with Gasteiger partial charge in [0.1, 0.15) is 17.1 Å². The molecule has 0 radical (unpaired) electrons. The Morgan fingerprint density at radius 2 is 0.872 bits per heavy atom. The molecule has 0 saturated carbocycles. The summed E-state index contributed by atoms with van der Waals surface area (Å²) in [4.78, 5) is 50.3. The van der Waals surface area contributed by atoms with Gasteiger partial charge in [0.15, 0.2) is 5.78 Å². The van der Waals surface area contributed by atoms with E-state index in [1.54, 1.807) is 89.3 Å². The van der Waals surface area contributed by atoms with Crippen molar-refractivity contribution in [1.82, 2.24) is 18.3 Å². The van der Waals surface area contributed by atoms with Gasteiger partial charge in [0.25, 0.3) is 17.7 Å². The van der Waals surface area contributed by atoms with E-state index in [9.17, 15) is 19.2 Å². The minimum Gasteiger partial charge on any atom is -0.384 e. The third-order valence-electron chi connectivity index (χ3n) is 6.23. The fourth-order valence-corrected chi connectivity index (χ4v) is 4.38. The summed E-state index contributed by atoms with van der Waals surface area (Å²) < 4.78 is 6.58. The molecule has 4 N–H and O–H groups in total. The number of nitrogens with zero attached hydrogens (tertiary/aromatic N) is 4. The van der Waals surface area contributed by atoms with Gasteiger partial charge in [-0.15, -0.1) is 0 Å². The lowest BCUT2D eigenvalue weighted by Crippen LogP contribution is -2.15. The van der Waals surface area contributed by atoms with Crippen molar-refractivity contribution in [2.75, 3.05) is 27.8 Å². The second-order valence-electron chi connectivity index (χ2n) is 9.35. The lowest BCUT2D eigenvalue weighted by molar-refractivity contribution is 0.0999. The van der Waals surface area contributed by atoms with Crippen LogP contribution in [-0.4, -0.2) is 48.3 Å². The van der Waals surface area contributed by atoms with E-state index in [-0.39, 0.29) is 17.6 Å². The summed E-state index contributed by atoms with van der Waals surface area (Å²) in [5.41, 5.74) is 3.83. The van der Waals surface area contributed by atoms with Gasteiger partial charge in [-0.3, -0.25) is 19.2 Å². The number of aryl methyl sites for hydroxylation is 4. The maximum Gasteiger partial charge on any atom is 0.272 e. The first kappa shape index (κ1) is 27.0. The molecule has 0 aromatic carbocycles. The van der Waals surface area contributed by atoms with Gasteiger partial charge >= 0.3 is 0 Å². The van der Waals surface area contributed by atoms with Gasteiger partial charge in [-0.1, -0.05) is 0 Å². The molecular formula is C27H32N8O4. The molecule has 4 aromatic rings. The summed E-state index contributed by atoms with van der Waals surface area (Å²) in [7, 11) is 6.91. The summed E-state index contributed by atoms with van der Waals surface area (Å²) in [6.07, 6.45) is 6.77. The van der Waals surface area contributed by atoms with Crippen molar-refractivity contribution in [3.63, 3.8) is 0 Å². The maximum absolute atomic E-state index is 13.0. The Hall–Kier alpha value is -5.00. The van der Waals surface area contributed by atoms with Crippen LogP contribution >= 0.6 is 0 Å². The van der Waals surface area contributed by atoms with Gasteiger partial charge in [0.2, 0.25) is 0 Å². The van der Waals surface area contributed by atoms with Crippen LogP contribution in [0.5, 0.6) is 0 Å². The average Bonchev–Trinajstić information content (AvgIpc) is 3.60. The molecule has 0 aliphatic carbocycles. The van der Waals surface area contributed by atoms with Gasteiger partial charge in [0, 0.05) is 66.4 Å². The van der Waals surface area contributed by atoms with Gasteiger partial charge in [0.05, 0.1) is 28.4 Å². The summed E-state index contributed by atoms with van der Waals surface area (Å²) in [5.74, 6) is -1.20. The zero-order chi connectivity index (χ0) is 28.4. The summed E-state index contributed by atoms with van der Waals surface area (Å²) in [6.45, 7) is 4.18. The van der Waals surface area contributed by atoms with Gasteiger partial charge in [-0.25, -0.2) is 0 Å². The van der Waals surface area contributed by atoms with Crippen molar-refractivity contribution in [3.05, 3.63) is 71.8 Å². The van der Waals surface area contributed by atoms with E-state index >= 15 is 0 Å². The Kier molecular flexibility index (Phi) is 7.47. The first-order valence-electron chi connectivity index (χ1n) is 12.3. The molecule has 0 bridgehead atoms. The fraction of sp³-hybridized carbons (Fsp3) is 0.259. The zero-order valence-electron chi connectivity index (χ0n) is 22.7. The highest BCUT2D eigenvalue weighted by atomic mass is 16.2. The second-order valence-corrected chi connectivity index (χ2v) is 9.35. The van der Waals surface area contributed by atoms with E-state index in [2.05, 4.69) is 21.3 Å². The predicted molar refractivity (Wildman–Crippen MR) is 150 cm³/mol. The third-order valence-corrected chi connectivity index (χ3v) is 6.23. The number of hydrogen-bond donors (Lipinski definition) is 4. The maximum atomic E-state index is 13.0. The number of amides is 3. The molecule has 12 nitrogen and oxygen atoms in total. The number of rotatable bonds is 9. The standard InChI is InChI=1S/C27H32N8O4/c1-7-28-17-8-22(33(4)12-17)25(37)30-19-10-24(35(6)14-19)27(39)31-20-11-23(34(5)15-20)26(38)29-18-9-21(16(2)36)32(3)13-18/h8-15,28H,7H2,1-6H3,(H,29,38)(H,30,37)(H,31,39). The molecule has 0 fully saturated rings. The zero-order valence-corrected chi connectivity index (χ0v) is 22.7. The van der Waals surface area contributed by atoms with Crippen LogP contribution in [0.1, 0.15) is 55.8 Å². The molecule has 39 heavy (non-hydrogen) atoms. The lowest BCUT2D eigenvalue weighted by atomic mass is 10.3. The van der Waals surface area contributed by atoms with Crippen molar-refractivity contribution in [2.45, 2.75) is 13.8 Å². The molecule has 0 spiro atoms. The van der Waals surface area contributed by atoms with Crippen LogP contribution in [0.3, 0.4) is 0 Å². The summed E-state index contributed by atoms with van der Waals surface area (Å²) in [6, 6.07) is 6.51. The fourth-order valence-electron chi connectivity index (χ4n) is 4.38. The highest BCUT2D eigenvalue weighted by Crippen LogP contribution is 2.21. The molecule has 0 unspecified atom stereocenters. The topological polar surface area (TPSA) is 136 Å². The van der Waals surface area contributed by atoms with Gasteiger partial charge in [-0.05, 0) is 31.2 Å². The molecular weight excluding hydrogens is 500 g/mol. The first-order valence-corrected chi connectivity index (χ1v) is 12.3. The Bertz CT molecular complexity index is 1580. The van der Waals surface area contributed by atoms with Crippen LogP contribution in [0.25, 0.3) is 0 Å². The van der Waals surface area contributed by atoms with Crippen LogP contribution in [0.15, 0.2) is 49.1 Å². The van der Waals surface area contributed by atoms with Crippen LogP contribution in [0, 0.1) is 0 Å². The summed E-state index contributed by atoms with van der Waals surface area (Å²) >= 11 is 0. The molecule has 4 aromatic heterocycles. The molecule has 0 aliphatic rings. The van der Waals surface area contributed by atoms with E-state index in [0.717, 1.165) is 12.2 Å². The number of hydrogen-bond acceptors (Lipinski definition) is 5. The number of anilines is 4. The van der Waals surface area contributed by atoms with Crippen molar-refractivity contribution < 1.29 is 19.2 Å².